The number of unbranched alkanes of at least 4 members (excludes halogenated alkanes) is 1. The first-order valence-electron chi connectivity index (χ1n) is 7.78. The van der Waals surface area contributed by atoms with Crippen molar-refractivity contribution < 1.29 is 0 Å². The second-order valence-corrected chi connectivity index (χ2v) is 5.11. The Hall–Kier alpha value is -0.260. The molecule has 0 rings (SSSR count). The second kappa shape index (κ2) is 13.8. The Labute approximate surface area is 111 Å². The predicted octanol–water partition coefficient (Wildman–Crippen LogP) is 6.61. The van der Waals surface area contributed by atoms with Crippen molar-refractivity contribution in [3.8, 4) is 0 Å². The molecule has 0 aliphatic carbocycles. The molecule has 0 bridgehead atoms. The predicted molar refractivity (Wildman–Crippen MR) is 82.5 cm³/mol. The van der Waals surface area contributed by atoms with Crippen molar-refractivity contribution in [2.24, 2.45) is 11.8 Å². The minimum absolute atomic E-state index is 0.788. The van der Waals surface area contributed by atoms with Crippen LogP contribution in [-0.2, 0) is 0 Å². The van der Waals surface area contributed by atoms with Crippen LogP contribution in [0.15, 0.2) is 11.6 Å². The van der Waals surface area contributed by atoms with Crippen molar-refractivity contribution in [2.75, 3.05) is 0 Å². The minimum atomic E-state index is 0.788. The lowest BCUT2D eigenvalue weighted by molar-refractivity contribution is 0.433. The number of rotatable bonds is 8. The first-order chi connectivity index (χ1) is 8.11. The van der Waals surface area contributed by atoms with Gasteiger partial charge in [-0.15, -0.1) is 0 Å². The molecule has 0 heterocycles. The minimum Gasteiger partial charge on any atom is -0.0854 e. The van der Waals surface area contributed by atoms with Crippen LogP contribution in [0.2, 0.25) is 0 Å². The van der Waals surface area contributed by atoms with Crippen LogP contribution in [0.5, 0.6) is 0 Å². The Balaban J connectivity index is 0. The van der Waals surface area contributed by atoms with Gasteiger partial charge in [0.15, 0.2) is 0 Å². The standard InChI is InChI=1S/C15H30.C2H6/c1-6-8-10-14(4)15(5)12-11-13(3)9-7-2;1-2/h10,13,15H,6-9,11-12H2,1-5H3;1-2H3/b14-10+;. The van der Waals surface area contributed by atoms with E-state index in [4.69, 9.17) is 0 Å². The van der Waals surface area contributed by atoms with E-state index >= 15 is 0 Å². The zero-order chi connectivity index (χ0) is 13.7. The molecule has 0 spiro atoms. The van der Waals surface area contributed by atoms with E-state index in [1.165, 1.54) is 38.5 Å². The molecule has 0 nitrogen and oxygen atoms in total. The van der Waals surface area contributed by atoms with Crippen molar-refractivity contribution in [3.05, 3.63) is 11.6 Å². The van der Waals surface area contributed by atoms with Gasteiger partial charge >= 0.3 is 0 Å². The topological polar surface area (TPSA) is 0 Å². The number of hydrogen-bond donors (Lipinski definition) is 0. The van der Waals surface area contributed by atoms with E-state index in [0.717, 1.165) is 11.8 Å². The van der Waals surface area contributed by atoms with Crippen LogP contribution in [0, 0.1) is 11.8 Å². The maximum absolute atomic E-state index is 2.43. The summed E-state index contributed by atoms with van der Waals surface area (Å²) >= 11 is 0. The Morgan fingerprint density at radius 3 is 2.00 bits per heavy atom. The summed E-state index contributed by atoms with van der Waals surface area (Å²) in [7, 11) is 0. The van der Waals surface area contributed by atoms with Crippen LogP contribution < -0.4 is 0 Å². The van der Waals surface area contributed by atoms with E-state index in [2.05, 4.69) is 40.7 Å². The SMILES string of the molecule is CC.CCC/C=C(\C)C(C)CCC(C)CCC. The maximum Gasteiger partial charge on any atom is -0.0234 e. The van der Waals surface area contributed by atoms with Gasteiger partial charge in [0.25, 0.3) is 0 Å². The van der Waals surface area contributed by atoms with Gasteiger partial charge in [-0.05, 0) is 31.6 Å². The molecule has 17 heavy (non-hydrogen) atoms. The third-order valence-corrected chi connectivity index (χ3v) is 3.41. The van der Waals surface area contributed by atoms with E-state index in [-0.39, 0.29) is 0 Å². The Bertz CT molecular complexity index is 167. The van der Waals surface area contributed by atoms with Gasteiger partial charge in [-0.1, -0.05) is 78.9 Å². The fourth-order valence-corrected chi connectivity index (χ4v) is 1.97. The van der Waals surface area contributed by atoms with E-state index in [0.29, 0.717) is 0 Å². The highest BCUT2D eigenvalue weighted by Gasteiger charge is 2.07. The normalized spacial score (nSPS) is 14.9. The summed E-state index contributed by atoms with van der Waals surface area (Å²) in [5, 5.41) is 0. The third kappa shape index (κ3) is 12.0. The molecular formula is C17H36. The van der Waals surface area contributed by atoms with Crippen LogP contribution in [-0.4, -0.2) is 0 Å². The van der Waals surface area contributed by atoms with Gasteiger partial charge < -0.3 is 0 Å². The fourth-order valence-electron chi connectivity index (χ4n) is 1.97. The smallest absolute Gasteiger partial charge is 0.0234 e. The summed E-state index contributed by atoms with van der Waals surface area (Å²) in [4.78, 5) is 0. The number of hydrogen-bond acceptors (Lipinski definition) is 0. The summed E-state index contributed by atoms with van der Waals surface area (Å²) in [6.45, 7) is 15.6. The highest BCUT2D eigenvalue weighted by atomic mass is 14.1. The molecule has 0 fully saturated rings. The Kier molecular flexibility index (Phi) is 15.5. The molecular weight excluding hydrogens is 204 g/mol. The molecule has 0 saturated carbocycles. The average Bonchev–Trinajstić information content (AvgIpc) is 2.35. The monoisotopic (exact) mass is 240 g/mol. The lowest BCUT2D eigenvalue weighted by Gasteiger charge is -2.15. The lowest BCUT2D eigenvalue weighted by Crippen LogP contribution is -2.01. The molecule has 104 valence electrons. The largest absolute Gasteiger partial charge is 0.0854 e. The van der Waals surface area contributed by atoms with E-state index in [1.54, 1.807) is 5.57 Å². The quantitative estimate of drug-likeness (QED) is 0.419. The van der Waals surface area contributed by atoms with Gasteiger partial charge in [-0.3, -0.25) is 0 Å². The molecule has 0 aromatic rings. The number of allylic oxidation sites excluding steroid dienone is 2. The molecule has 2 unspecified atom stereocenters. The summed E-state index contributed by atoms with van der Waals surface area (Å²) in [5.74, 6) is 1.70. The van der Waals surface area contributed by atoms with Crippen LogP contribution in [0.3, 0.4) is 0 Å². The molecule has 0 aromatic carbocycles. The van der Waals surface area contributed by atoms with Gasteiger partial charge in [0.05, 0.1) is 0 Å². The molecule has 2 atom stereocenters. The maximum atomic E-state index is 2.43. The van der Waals surface area contributed by atoms with Crippen LogP contribution in [0.25, 0.3) is 0 Å². The second-order valence-electron chi connectivity index (χ2n) is 5.11. The zero-order valence-electron chi connectivity index (χ0n) is 13.5. The summed E-state index contributed by atoms with van der Waals surface area (Å²) < 4.78 is 0. The molecule has 0 aromatic heterocycles. The van der Waals surface area contributed by atoms with Crippen LogP contribution in [0.1, 0.15) is 87.0 Å². The fraction of sp³-hybridized carbons (Fsp3) is 0.882. The first-order valence-corrected chi connectivity index (χ1v) is 7.78. The van der Waals surface area contributed by atoms with Gasteiger partial charge in [-0.25, -0.2) is 0 Å². The molecule has 0 radical (unpaired) electrons. The Morgan fingerprint density at radius 1 is 0.941 bits per heavy atom. The Morgan fingerprint density at radius 2 is 1.53 bits per heavy atom. The van der Waals surface area contributed by atoms with Crippen molar-refractivity contribution in [1.29, 1.82) is 0 Å². The van der Waals surface area contributed by atoms with Crippen molar-refractivity contribution in [1.82, 2.24) is 0 Å². The van der Waals surface area contributed by atoms with Gasteiger partial charge in [0.2, 0.25) is 0 Å². The molecule has 0 aliphatic rings. The van der Waals surface area contributed by atoms with E-state index in [1.807, 2.05) is 13.8 Å². The molecule has 0 saturated heterocycles. The van der Waals surface area contributed by atoms with Gasteiger partial charge in [-0.2, -0.15) is 0 Å². The van der Waals surface area contributed by atoms with E-state index < -0.39 is 0 Å². The molecule has 0 N–H and O–H groups in total. The van der Waals surface area contributed by atoms with Crippen molar-refractivity contribution in [2.45, 2.75) is 87.0 Å². The summed E-state index contributed by atoms with van der Waals surface area (Å²) in [5.41, 5.74) is 1.60. The molecule has 0 amide bonds. The van der Waals surface area contributed by atoms with Gasteiger partial charge in [0.1, 0.15) is 0 Å². The van der Waals surface area contributed by atoms with Crippen LogP contribution in [0.4, 0.5) is 0 Å². The zero-order valence-corrected chi connectivity index (χ0v) is 13.5. The summed E-state index contributed by atoms with van der Waals surface area (Å²) in [6, 6.07) is 0. The third-order valence-electron chi connectivity index (χ3n) is 3.41. The first kappa shape index (κ1) is 19.1. The van der Waals surface area contributed by atoms with Crippen LogP contribution >= 0.6 is 0 Å². The molecule has 0 heteroatoms. The van der Waals surface area contributed by atoms with Crippen molar-refractivity contribution in [3.63, 3.8) is 0 Å². The molecule has 0 aliphatic heterocycles. The summed E-state index contributed by atoms with van der Waals surface area (Å²) in [6.07, 6.45) is 10.4. The van der Waals surface area contributed by atoms with E-state index in [9.17, 15) is 0 Å². The highest BCUT2D eigenvalue weighted by molar-refractivity contribution is 5.01. The lowest BCUT2D eigenvalue weighted by atomic mass is 9.91. The average molecular weight is 240 g/mol. The highest BCUT2D eigenvalue weighted by Crippen LogP contribution is 2.21. The van der Waals surface area contributed by atoms with Crippen molar-refractivity contribution >= 4 is 0 Å². The van der Waals surface area contributed by atoms with Gasteiger partial charge in [0, 0.05) is 0 Å².